The highest BCUT2D eigenvalue weighted by Gasteiger charge is 2.14. The quantitative estimate of drug-likeness (QED) is 0.411. The van der Waals surface area contributed by atoms with Crippen LogP contribution >= 0.6 is 0 Å². The fourth-order valence-electron chi connectivity index (χ4n) is 2.81. The number of hydrogen-bond acceptors (Lipinski definition) is 6. The van der Waals surface area contributed by atoms with Gasteiger partial charge in [-0.15, -0.1) is 0 Å². The molecule has 0 atom stereocenters. The second kappa shape index (κ2) is 9.28. The van der Waals surface area contributed by atoms with Crippen molar-refractivity contribution < 1.29 is 18.8 Å². The molecule has 29 heavy (non-hydrogen) atoms. The van der Waals surface area contributed by atoms with Crippen LogP contribution in [0.1, 0.15) is 52.7 Å². The van der Waals surface area contributed by atoms with Gasteiger partial charge in [0.05, 0.1) is 6.42 Å². The van der Waals surface area contributed by atoms with Gasteiger partial charge in [-0.05, 0) is 43.0 Å². The molecule has 3 aromatic rings. The van der Waals surface area contributed by atoms with Crippen LogP contribution in [0.5, 0.6) is 0 Å². The first-order valence-electron chi connectivity index (χ1n) is 9.64. The minimum Gasteiger partial charge on any atom is -0.456 e. The molecule has 0 N–H and O–H groups in total. The summed E-state index contributed by atoms with van der Waals surface area (Å²) < 4.78 is 10.3. The smallest absolute Gasteiger partial charge is 0.306 e. The third kappa shape index (κ3) is 5.38. The first-order chi connectivity index (χ1) is 14.0. The molecule has 1 aromatic heterocycles. The molecule has 0 amide bonds. The fraction of sp³-hybridized carbons (Fsp3) is 0.304. The Labute approximate surface area is 169 Å². The van der Waals surface area contributed by atoms with Crippen LogP contribution in [0.15, 0.2) is 47.0 Å². The van der Waals surface area contributed by atoms with Crippen LogP contribution < -0.4 is 0 Å². The Morgan fingerprint density at radius 1 is 1.00 bits per heavy atom. The van der Waals surface area contributed by atoms with Crippen molar-refractivity contribution in [1.82, 2.24) is 10.1 Å². The summed E-state index contributed by atoms with van der Waals surface area (Å²) in [5.41, 5.74) is 4.84. The van der Waals surface area contributed by atoms with Crippen LogP contribution in [-0.2, 0) is 22.6 Å². The molecule has 0 fully saturated rings. The van der Waals surface area contributed by atoms with E-state index in [1.54, 1.807) is 6.07 Å². The van der Waals surface area contributed by atoms with Crippen molar-refractivity contribution in [3.8, 4) is 11.4 Å². The van der Waals surface area contributed by atoms with E-state index >= 15 is 0 Å². The average molecular weight is 392 g/mol. The predicted octanol–water partition coefficient (Wildman–Crippen LogP) is 4.62. The number of carbonyl (C=O) groups excluding carboxylic acids is 2. The number of Topliss-reactive ketones (excluding diaryl/α,β-unsaturated/α-hetero) is 1. The zero-order valence-corrected chi connectivity index (χ0v) is 16.9. The summed E-state index contributed by atoms with van der Waals surface area (Å²) in [5.74, 6) is 0.104. The molecule has 6 nitrogen and oxygen atoms in total. The Morgan fingerprint density at radius 2 is 1.76 bits per heavy atom. The first kappa shape index (κ1) is 20.5. The fourth-order valence-corrected chi connectivity index (χ4v) is 2.81. The van der Waals surface area contributed by atoms with Gasteiger partial charge in [0.15, 0.2) is 12.4 Å². The van der Waals surface area contributed by atoms with E-state index in [2.05, 4.69) is 17.1 Å². The second-order valence-electron chi connectivity index (χ2n) is 6.95. The summed E-state index contributed by atoms with van der Waals surface area (Å²) in [6.07, 6.45) is 1.06. The summed E-state index contributed by atoms with van der Waals surface area (Å²) >= 11 is 0. The standard InChI is InChI=1S/C23H24N2O4/c1-4-17-6-9-18(10-7-17)23-24-21(29-25-23)14-28-22(27)12-11-20(26)19-8-5-15(2)16(3)13-19/h5-10,13H,4,11-12,14H2,1-3H3. The van der Waals surface area contributed by atoms with E-state index < -0.39 is 5.97 Å². The Balaban J connectivity index is 1.48. The van der Waals surface area contributed by atoms with Gasteiger partial charge in [-0.3, -0.25) is 9.59 Å². The maximum absolute atomic E-state index is 12.2. The molecule has 2 aromatic carbocycles. The Kier molecular flexibility index (Phi) is 6.54. The van der Waals surface area contributed by atoms with Gasteiger partial charge in [0.2, 0.25) is 5.82 Å². The van der Waals surface area contributed by atoms with Gasteiger partial charge in [-0.2, -0.15) is 4.98 Å². The van der Waals surface area contributed by atoms with Crippen molar-refractivity contribution in [2.75, 3.05) is 0 Å². The number of benzene rings is 2. The molecule has 6 heteroatoms. The van der Waals surface area contributed by atoms with E-state index in [-0.39, 0.29) is 31.1 Å². The zero-order chi connectivity index (χ0) is 20.8. The van der Waals surface area contributed by atoms with Crippen molar-refractivity contribution >= 4 is 11.8 Å². The number of esters is 1. The summed E-state index contributed by atoms with van der Waals surface area (Å²) in [6.45, 7) is 5.92. The average Bonchev–Trinajstić information content (AvgIpc) is 3.21. The number of rotatable bonds is 8. The number of aryl methyl sites for hydroxylation is 3. The Hall–Kier alpha value is -3.28. The summed E-state index contributed by atoms with van der Waals surface area (Å²) in [4.78, 5) is 28.4. The van der Waals surface area contributed by atoms with Crippen molar-refractivity contribution in [2.24, 2.45) is 0 Å². The van der Waals surface area contributed by atoms with Crippen LogP contribution in [0.2, 0.25) is 0 Å². The molecule has 0 saturated carbocycles. The molecule has 0 bridgehead atoms. The molecule has 0 aliphatic heterocycles. The van der Waals surface area contributed by atoms with Gasteiger partial charge in [0.25, 0.3) is 5.89 Å². The van der Waals surface area contributed by atoms with Gasteiger partial charge in [-0.1, -0.05) is 48.5 Å². The lowest BCUT2D eigenvalue weighted by atomic mass is 10.0. The predicted molar refractivity (Wildman–Crippen MR) is 108 cm³/mol. The zero-order valence-electron chi connectivity index (χ0n) is 16.9. The molecule has 3 rings (SSSR count). The number of hydrogen-bond donors (Lipinski definition) is 0. The van der Waals surface area contributed by atoms with E-state index in [1.165, 1.54) is 5.56 Å². The first-order valence-corrected chi connectivity index (χ1v) is 9.64. The number of aromatic nitrogens is 2. The molecular formula is C23H24N2O4. The summed E-state index contributed by atoms with van der Waals surface area (Å²) in [7, 11) is 0. The highest BCUT2D eigenvalue weighted by atomic mass is 16.6. The van der Waals surface area contributed by atoms with Crippen molar-refractivity contribution in [2.45, 2.75) is 46.6 Å². The van der Waals surface area contributed by atoms with Crippen LogP contribution in [0.25, 0.3) is 11.4 Å². The number of carbonyl (C=O) groups is 2. The monoisotopic (exact) mass is 392 g/mol. The minimum absolute atomic E-state index is 0.00519. The molecule has 0 spiro atoms. The van der Waals surface area contributed by atoms with Gasteiger partial charge in [0, 0.05) is 17.5 Å². The van der Waals surface area contributed by atoms with E-state index in [4.69, 9.17) is 9.26 Å². The molecular weight excluding hydrogens is 368 g/mol. The number of ether oxygens (including phenoxy) is 1. The van der Waals surface area contributed by atoms with Crippen LogP contribution in [0.4, 0.5) is 0 Å². The van der Waals surface area contributed by atoms with Gasteiger partial charge >= 0.3 is 5.97 Å². The molecule has 0 radical (unpaired) electrons. The van der Waals surface area contributed by atoms with Crippen LogP contribution in [0.3, 0.4) is 0 Å². The summed E-state index contributed by atoms with van der Waals surface area (Å²) in [5, 5.41) is 3.92. The number of ketones is 1. The minimum atomic E-state index is -0.478. The van der Waals surface area contributed by atoms with E-state index in [0.717, 1.165) is 23.1 Å². The maximum Gasteiger partial charge on any atom is 0.306 e. The van der Waals surface area contributed by atoms with Crippen LogP contribution in [0, 0.1) is 13.8 Å². The summed E-state index contributed by atoms with van der Waals surface area (Å²) in [6, 6.07) is 13.4. The second-order valence-corrected chi connectivity index (χ2v) is 6.95. The van der Waals surface area contributed by atoms with E-state index in [9.17, 15) is 9.59 Å². The SMILES string of the molecule is CCc1ccc(-c2noc(COC(=O)CCC(=O)c3ccc(C)c(C)c3)n2)cc1. The molecule has 150 valence electrons. The highest BCUT2D eigenvalue weighted by molar-refractivity contribution is 5.97. The van der Waals surface area contributed by atoms with Gasteiger partial charge < -0.3 is 9.26 Å². The largest absolute Gasteiger partial charge is 0.456 e. The molecule has 0 aliphatic carbocycles. The van der Waals surface area contributed by atoms with E-state index in [1.807, 2.05) is 50.2 Å². The normalized spacial score (nSPS) is 10.7. The topological polar surface area (TPSA) is 82.3 Å². The van der Waals surface area contributed by atoms with Gasteiger partial charge in [0.1, 0.15) is 0 Å². The highest BCUT2D eigenvalue weighted by Crippen LogP contribution is 2.17. The van der Waals surface area contributed by atoms with Gasteiger partial charge in [-0.25, -0.2) is 0 Å². The molecule has 1 heterocycles. The molecule has 0 unspecified atom stereocenters. The van der Waals surface area contributed by atoms with Crippen molar-refractivity contribution in [3.63, 3.8) is 0 Å². The lowest BCUT2D eigenvalue weighted by Crippen LogP contribution is -2.08. The Morgan fingerprint density at radius 3 is 2.45 bits per heavy atom. The van der Waals surface area contributed by atoms with Crippen molar-refractivity contribution in [3.05, 3.63) is 70.6 Å². The molecule has 0 saturated heterocycles. The number of nitrogens with zero attached hydrogens (tertiary/aromatic N) is 2. The maximum atomic E-state index is 12.2. The lowest BCUT2D eigenvalue weighted by Gasteiger charge is -2.05. The third-order valence-electron chi connectivity index (χ3n) is 4.83. The third-order valence-corrected chi connectivity index (χ3v) is 4.83. The van der Waals surface area contributed by atoms with Crippen LogP contribution in [-0.4, -0.2) is 21.9 Å². The van der Waals surface area contributed by atoms with Crippen molar-refractivity contribution in [1.29, 1.82) is 0 Å². The molecule has 0 aliphatic rings. The lowest BCUT2D eigenvalue weighted by molar-refractivity contribution is -0.145. The Bertz CT molecular complexity index is 1010. The van der Waals surface area contributed by atoms with E-state index in [0.29, 0.717) is 11.4 Å².